The van der Waals surface area contributed by atoms with Crippen molar-refractivity contribution in [3.63, 3.8) is 0 Å². The van der Waals surface area contributed by atoms with Crippen LogP contribution in [0, 0.1) is 17.8 Å². The van der Waals surface area contributed by atoms with E-state index in [-0.39, 0.29) is 13.0 Å². The summed E-state index contributed by atoms with van der Waals surface area (Å²) in [5.41, 5.74) is 1.07. The van der Waals surface area contributed by atoms with Gasteiger partial charge in [0.15, 0.2) is 5.78 Å². The van der Waals surface area contributed by atoms with E-state index < -0.39 is 94.1 Å². The molecule has 0 saturated heterocycles. The van der Waals surface area contributed by atoms with Crippen LogP contribution in [0.25, 0.3) is 0 Å². The van der Waals surface area contributed by atoms with Crippen LogP contribution in [0.2, 0.25) is 0 Å². The van der Waals surface area contributed by atoms with E-state index in [1.807, 2.05) is 0 Å². The van der Waals surface area contributed by atoms with Crippen LogP contribution in [-0.2, 0) is 49.6 Å². The van der Waals surface area contributed by atoms with Crippen molar-refractivity contribution in [2.45, 2.75) is 58.2 Å². The summed E-state index contributed by atoms with van der Waals surface area (Å²) in [5, 5.41) is 25.2. The SMILES string of the molecule is C=S(C)(=O)/C=C/[C@H](CC(=O)O)NC(=O)[C@@H](CC(=O)[C@@H](NC(=O)[C@H](CC(=O)O)CC(=O)OCc1ccccc1)c1ccccc1)C(C)C. The highest BCUT2D eigenvalue weighted by Gasteiger charge is 2.34. The molecule has 2 aromatic rings. The molecule has 4 N–H and O–H groups in total. The van der Waals surface area contributed by atoms with Gasteiger partial charge in [-0.2, -0.15) is 0 Å². The Hall–Kier alpha value is -4.78. The molecule has 0 aromatic heterocycles. The van der Waals surface area contributed by atoms with Crippen molar-refractivity contribution in [3.05, 3.63) is 83.3 Å². The van der Waals surface area contributed by atoms with E-state index in [0.717, 1.165) is 0 Å². The molecule has 254 valence electrons. The number of hydrogen-bond donors (Lipinski definition) is 4. The van der Waals surface area contributed by atoms with Gasteiger partial charge in [0.25, 0.3) is 0 Å². The summed E-state index contributed by atoms with van der Waals surface area (Å²) in [6.45, 7) is 3.34. The maximum Gasteiger partial charge on any atom is 0.306 e. The van der Waals surface area contributed by atoms with Crippen molar-refractivity contribution < 1.29 is 47.9 Å². The van der Waals surface area contributed by atoms with Crippen LogP contribution in [0.1, 0.15) is 56.7 Å². The summed E-state index contributed by atoms with van der Waals surface area (Å²) in [5.74, 6) is -4.62. The smallest absolute Gasteiger partial charge is 0.306 e. The second kappa shape index (κ2) is 18.4. The first-order chi connectivity index (χ1) is 22.1. The first-order valence-corrected chi connectivity index (χ1v) is 17.1. The number of benzene rings is 2. The highest BCUT2D eigenvalue weighted by Crippen LogP contribution is 2.24. The van der Waals surface area contributed by atoms with Crippen LogP contribution < -0.4 is 10.6 Å². The Morgan fingerprint density at radius 2 is 1.40 bits per heavy atom. The summed E-state index contributed by atoms with van der Waals surface area (Å²) in [6, 6.07) is 14.6. The molecule has 2 rings (SSSR count). The van der Waals surface area contributed by atoms with Crippen LogP contribution in [0.5, 0.6) is 0 Å². The molecule has 2 aromatic carbocycles. The van der Waals surface area contributed by atoms with Gasteiger partial charge in [-0.15, -0.1) is 0 Å². The monoisotopic (exact) mass is 670 g/mol. The minimum atomic E-state index is -2.62. The zero-order chi connectivity index (χ0) is 35.1. The zero-order valence-electron chi connectivity index (χ0n) is 26.6. The van der Waals surface area contributed by atoms with Crippen molar-refractivity contribution in [2.75, 3.05) is 6.26 Å². The van der Waals surface area contributed by atoms with Gasteiger partial charge < -0.3 is 25.6 Å². The molecule has 2 amide bonds. The zero-order valence-corrected chi connectivity index (χ0v) is 27.4. The van der Waals surface area contributed by atoms with Crippen molar-refractivity contribution in [1.29, 1.82) is 0 Å². The number of carboxylic acids is 2. The predicted octanol–water partition coefficient (Wildman–Crippen LogP) is 3.12. The molecular weight excluding hydrogens is 628 g/mol. The molecule has 0 spiro atoms. The van der Waals surface area contributed by atoms with Gasteiger partial charge in [0, 0.05) is 18.6 Å². The number of aliphatic carboxylic acids is 2. The van der Waals surface area contributed by atoms with Gasteiger partial charge in [-0.1, -0.05) is 80.6 Å². The average Bonchev–Trinajstić information content (AvgIpc) is 2.99. The largest absolute Gasteiger partial charge is 0.481 e. The number of amides is 2. The number of Topliss-reactive ketones (excluding diaryl/α,β-unsaturated/α-hetero) is 1. The number of carbonyl (C=O) groups excluding carboxylic acids is 4. The third kappa shape index (κ3) is 14.5. The van der Waals surface area contributed by atoms with Gasteiger partial charge in [0.05, 0.1) is 31.2 Å². The predicted molar refractivity (Wildman–Crippen MR) is 176 cm³/mol. The van der Waals surface area contributed by atoms with E-state index >= 15 is 0 Å². The molecule has 0 aliphatic carbocycles. The Morgan fingerprint density at radius 1 is 0.830 bits per heavy atom. The lowest BCUT2D eigenvalue weighted by molar-refractivity contribution is -0.150. The molecule has 5 atom stereocenters. The Labute approximate surface area is 274 Å². The first-order valence-electron chi connectivity index (χ1n) is 14.9. The molecule has 0 aliphatic rings. The number of nitrogens with one attached hydrogen (secondary N) is 2. The molecule has 0 fully saturated rings. The number of carboxylic acid groups (broad SMARTS) is 2. The van der Waals surface area contributed by atoms with Gasteiger partial charge in [-0.3, -0.25) is 33.0 Å². The Bertz CT molecular complexity index is 1540. The third-order valence-corrected chi connectivity index (χ3v) is 7.81. The van der Waals surface area contributed by atoms with Crippen LogP contribution in [0.15, 0.2) is 72.1 Å². The van der Waals surface area contributed by atoms with E-state index in [2.05, 4.69) is 16.5 Å². The highest BCUT2D eigenvalue weighted by atomic mass is 32.2. The van der Waals surface area contributed by atoms with Crippen LogP contribution in [0.4, 0.5) is 0 Å². The van der Waals surface area contributed by atoms with E-state index in [1.165, 1.54) is 17.7 Å². The standard InChI is InChI=1S/C34H42N2O10S/c1-22(2)27(34(44)35-26(19-30(40)41)15-16-47(3,4)45)20-28(37)32(24-13-9-6-10-14-24)36-33(43)25(17-29(38)39)18-31(42)46-21-23-11-7-5-8-12-23/h5-16,22,25-27,32H,3,17-21H2,1-2,4H3,(H,35,44)(H,36,43)(H,38,39)(H,40,41)/b16-15+/t25-,26-,27+,32+,47?/m1/s1. The Kier molecular flexibility index (Phi) is 15.0. The van der Waals surface area contributed by atoms with Crippen LogP contribution >= 0.6 is 0 Å². The van der Waals surface area contributed by atoms with Crippen LogP contribution in [-0.4, -0.2) is 68.1 Å². The quantitative estimate of drug-likeness (QED) is 0.127. The average molecular weight is 671 g/mol. The molecule has 13 heteroatoms. The Morgan fingerprint density at radius 3 is 1.94 bits per heavy atom. The molecule has 12 nitrogen and oxygen atoms in total. The van der Waals surface area contributed by atoms with Crippen molar-refractivity contribution in [3.8, 4) is 0 Å². The van der Waals surface area contributed by atoms with Gasteiger partial charge in [0.2, 0.25) is 11.8 Å². The maximum atomic E-state index is 13.8. The van der Waals surface area contributed by atoms with Crippen molar-refractivity contribution in [1.82, 2.24) is 10.6 Å². The fraction of sp³-hybridized carbons (Fsp3) is 0.382. The number of ether oxygens (including phenoxy) is 1. The van der Waals surface area contributed by atoms with E-state index in [1.54, 1.807) is 74.5 Å². The number of ketones is 1. The van der Waals surface area contributed by atoms with Crippen LogP contribution in [0.3, 0.4) is 0 Å². The topological polar surface area (TPSA) is 193 Å². The first kappa shape index (κ1) is 38.4. The third-order valence-electron chi connectivity index (χ3n) is 7.07. The lowest BCUT2D eigenvalue weighted by atomic mass is 9.86. The van der Waals surface area contributed by atoms with E-state index in [4.69, 9.17) is 4.74 Å². The molecular formula is C34H42N2O10S. The number of rotatable bonds is 19. The van der Waals surface area contributed by atoms with Gasteiger partial charge >= 0.3 is 17.9 Å². The second-order valence-corrected chi connectivity index (χ2v) is 14.0. The Balaban J connectivity index is 2.27. The van der Waals surface area contributed by atoms with E-state index in [0.29, 0.717) is 11.1 Å². The van der Waals surface area contributed by atoms with Gasteiger partial charge in [-0.05, 0) is 37.8 Å². The van der Waals surface area contributed by atoms with Gasteiger partial charge in [0.1, 0.15) is 12.6 Å². The maximum absolute atomic E-state index is 13.8. The lowest BCUT2D eigenvalue weighted by Gasteiger charge is -2.26. The molecule has 0 aliphatic heterocycles. The highest BCUT2D eigenvalue weighted by molar-refractivity contribution is 8.02. The fourth-order valence-corrected chi connectivity index (χ4v) is 5.12. The molecule has 1 unspecified atom stereocenters. The minimum Gasteiger partial charge on any atom is -0.481 e. The fourth-order valence-electron chi connectivity index (χ4n) is 4.59. The molecule has 47 heavy (non-hydrogen) atoms. The molecule has 0 heterocycles. The molecule has 0 saturated carbocycles. The number of carbonyl (C=O) groups is 6. The summed E-state index contributed by atoms with van der Waals surface area (Å²) in [4.78, 5) is 76.2. The van der Waals surface area contributed by atoms with Crippen molar-refractivity contribution >= 4 is 50.9 Å². The van der Waals surface area contributed by atoms with Crippen molar-refractivity contribution in [2.24, 2.45) is 17.8 Å². The van der Waals surface area contributed by atoms with Gasteiger partial charge in [-0.25, -0.2) is 0 Å². The summed E-state index contributed by atoms with van der Waals surface area (Å²) in [7, 11) is -2.62. The van der Waals surface area contributed by atoms with E-state index in [9.17, 15) is 43.2 Å². The summed E-state index contributed by atoms with van der Waals surface area (Å²) < 4.78 is 17.3. The summed E-state index contributed by atoms with van der Waals surface area (Å²) in [6.07, 6.45) is 0.530. The second-order valence-electron chi connectivity index (χ2n) is 11.6. The molecule has 0 radical (unpaired) electrons. The molecule has 0 bridgehead atoms. The number of esters is 1. The lowest BCUT2D eigenvalue weighted by Crippen LogP contribution is -2.43. The normalized spacial score (nSPS) is 15.1. The minimum absolute atomic E-state index is 0.0688. The number of hydrogen-bond acceptors (Lipinski definition) is 8. The summed E-state index contributed by atoms with van der Waals surface area (Å²) >= 11 is 0.